The van der Waals surface area contributed by atoms with Gasteiger partial charge in [-0.2, -0.15) is 0 Å². The Morgan fingerprint density at radius 3 is 2.75 bits per heavy atom. The van der Waals surface area contributed by atoms with Crippen molar-refractivity contribution < 1.29 is 0 Å². The van der Waals surface area contributed by atoms with Gasteiger partial charge < -0.3 is 10.2 Å². The molecule has 1 aliphatic heterocycles. The van der Waals surface area contributed by atoms with E-state index in [9.17, 15) is 0 Å². The zero-order valence-electron chi connectivity index (χ0n) is 12.5. The van der Waals surface area contributed by atoms with Crippen molar-refractivity contribution in [2.75, 3.05) is 37.6 Å². The molecular weight excluding hydrogens is 248 g/mol. The zero-order valence-corrected chi connectivity index (χ0v) is 12.5. The minimum atomic E-state index is 0.898. The van der Waals surface area contributed by atoms with Crippen molar-refractivity contribution in [3.05, 3.63) is 23.9 Å². The molecule has 1 aromatic heterocycles. The van der Waals surface area contributed by atoms with E-state index in [1.165, 1.54) is 37.9 Å². The van der Waals surface area contributed by atoms with E-state index in [1.807, 2.05) is 6.20 Å². The average molecular weight is 274 g/mol. The van der Waals surface area contributed by atoms with Gasteiger partial charge in [0.15, 0.2) is 0 Å². The molecule has 0 radical (unpaired) electrons. The van der Waals surface area contributed by atoms with Gasteiger partial charge in [0.05, 0.1) is 0 Å². The molecule has 0 aromatic carbocycles. The van der Waals surface area contributed by atoms with E-state index in [-0.39, 0.29) is 0 Å². The summed E-state index contributed by atoms with van der Waals surface area (Å²) in [5, 5.41) is 3.46. The highest BCUT2D eigenvalue weighted by Crippen LogP contribution is 2.28. The number of piperazine rings is 1. The van der Waals surface area contributed by atoms with Gasteiger partial charge in [-0.05, 0) is 43.5 Å². The van der Waals surface area contributed by atoms with E-state index in [2.05, 4.69) is 39.2 Å². The molecule has 1 N–H and O–H groups in total. The second-order valence-corrected chi connectivity index (χ2v) is 5.95. The van der Waals surface area contributed by atoms with Crippen LogP contribution in [0.15, 0.2) is 18.3 Å². The molecule has 20 heavy (non-hydrogen) atoms. The lowest BCUT2D eigenvalue weighted by Crippen LogP contribution is -2.47. The number of nitrogens with zero attached hydrogens (tertiary/aromatic N) is 3. The zero-order chi connectivity index (χ0) is 13.8. The number of pyridine rings is 1. The number of hydrogen-bond donors (Lipinski definition) is 1. The minimum Gasteiger partial charge on any atom is -0.354 e. The first-order chi connectivity index (χ1) is 9.86. The summed E-state index contributed by atoms with van der Waals surface area (Å²) in [6, 6.07) is 5.26. The maximum atomic E-state index is 4.56. The first-order valence-electron chi connectivity index (χ1n) is 8.01. The van der Waals surface area contributed by atoms with Crippen molar-refractivity contribution in [1.29, 1.82) is 0 Å². The summed E-state index contributed by atoms with van der Waals surface area (Å²) in [5.74, 6) is 1.15. The van der Waals surface area contributed by atoms with Gasteiger partial charge in [0.1, 0.15) is 5.82 Å². The van der Waals surface area contributed by atoms with Crippen molar-refractivity contribution in [2.45, 2.75) is 38.8 Å². The highest BCUT2D eigenvalue weighted by molar-refractivity contribution is 5.41. The first kappa shape index (κ1) is 13.8. The van der Waals surface area contributed by atoms with Crippen LogP contribution in [0.4, 0.5) is 5.82 Å². The predicted molar refractivity (Wildman–Crippen MR) is 83.0 cm³/mol. The fourth-order valence-corrected chi connectivity index (χ4v) is 2.91. The van der Waals surface area contributed by atoms with Crippen LogP contribution in [0.25, 0.3) is 0 Å². The topological polar surface area (TPSA) is 31.4 Å². The van der Waals surface area contributed by atoms with E-state index < -0.39 is 0 Å². The lowest BCUT2D eigenvalue weighted by molar-refractivity contribution is 0.247. The van der Waals surface area contributed by atoms with Crippen LogP contribution in [0, 0.1) is 0 Å². The minimum absolute atomic E-state index is 0.898. The van der Waals surface area contributed by atoms with Crippen LogP contribution in [0.1, 0.15) is 31.7 Å². The van der Waals surface area contributed by atoms with E-state index in [0.717, 1.165) is 38.0 Å². The third kappa shape index (κ3) is 3.49. The number of anilines is 1. The molecule has 0 atom stereocenters. The number of rotatable bonds is 6. The standard InChI is InChI=1S/C16H26N4/c1-2-6-17-13-14-5-7-18-16(12-14)20-10-8-19(9-11-20)15-3-4-15/h5,7,12,15,17H,2-4,6,8-11,13H2,1H3. The maximum Gasteiger partial charge on any atom is 0.128 e. The Morgan fingerprint density at radius 2 is 2.05 bits per heavy atom. The lowest BCUT2D eigenvalue weighted by atomic mass is 10.2. The molecule has 2 fully saturated rings. The second kappa shape index (κ2) is 6.55. The SMILES string of the molecule is CCCNCc1ccnc(N2CCN(C3CC3)CC2)c1. The lowest BCUT2D eigenvalue weighted by Gasteiger charge is -2.35. The van der Waals surface area contributed by atoms with E-state index in [0.29, 0.717) is 0 Å². The van der Waals surface area contributed by atoms with Gasteiger partial charge in [0.2, 0.25) is 0 Å². The summed E-state index contributed by atoms with van der Waals surface area (Å²) < 4.78 is 0. The third-order valence-corrected chi connectivity index (χ3v) is 4.27. The molecule has 4 nitrogen and oxygen atoms in total. The van der Waals surface area contributed by atoms with Gasteiger partial charge in [0.25, 0.3) is 0 Å². The Labute approximate surface area is 122 Å². The van der Waals surface area contributed by atoms with Crippen LogP contribution in [0.5, 0.6) is 0 Å². The molecule has 2 aliphatic rings. The van der Waals surface area contributed by atoms with Gasteiger partial charge in [-0.25, -0.2) is 4.98 Å². The van der Waals surface area contributed by atoms with E-state index in [4.69, 9.17) is 0 Å². The molecule has 110 valence electrons. The summed E-state index contributed by atoms with van der Waals surface area (Å²) in [7, 11) is 0. The van der Waals surface area contributed by atoms with Crippen molar-refractivity contribution in [2.24, 2.45) is 0 Å². The van der Waals surface area contributed by atoms with Crippen molar-refractivity contribution >= 4 is 5.82 Å². The molecule has 1 saturated carbocycles. The Balaban J connectivity index is 1.55. The fraction of sp³-hybridized carbons (Fsp3) is 0.688. The highest BCUT2D eigenvalue weighted by atomic mass is 15.3. The summed E-state index contributed by atoms with van der Waals surface area (Å²) >= 11 is 0. The van der Waals surface area contributed by atoms with Crippen LogP contribution < -0.4 is 10.2 Å². The molecule has 0 spiro atoms. The Bertz CT molecular complexity index is 422. The summed E-state index contributed by atoms with van der Waals surface area (Å²) in [5.41, 5.74) is 1.34. The first-order valence-corrected chi connectivity index (χ1v) is 8.01. The second-order valence-electron chi connectivity index (χ2n) is 5.95. The normalized spacial score (nSPS) is 20.4. The largest absolute Gasteiger partial charge is 0.354 e. The monoisotopic (exact) mass is 274 g/mol. The molecule has 4 heteroatoms. The molecular formula is C16H26N4. The summed E-state index contributed by atoms with van der Waals surface area (Å²) in [6.45, 7) is 8.87. The quantitative estimate of drug-likeness (QED) is 0.803. The van der Waals surface area contributed by atoms with Crippen molar-refractivity contribution in [3.8, 4) is 0 Å². The molecule has 0 bridgehead atoms. The molecule has 1 aromatic rings. The van der Waals surface area contributed by atoms with Crippen LogP contribution in [-0.4, -0.2) is 48.6 Å². The smallest absolute Gasteiger partial charge is 0.128 e. The Hall–Kier alpha value is -1.13. The van der Waals surface area contributed by atoms with Gasteiger partial charge in [-0.3, -0.25) is 4.90 Å². The number of nitrogens with one attached hydrogen (secondary N) is 1. The van der Waals surface area contributed by atoms with Crippen LogP contribution >= 0.6 is 0 Å². The van der Waals surface area contributed by atoms with E-state index >= 15 is 0 Å². The fourth-order valence-electron chi connectivity index (χ4n) is 2.91. The van der Waals surface area contributed by atoms with Crippen LogP contribution in [0.2, 0.25) is 0 Å². The molecule has 1 aliphatic carbocycles. The molecule has 3 rings (SSSR count). The highest BCUT2D eigenvalue weighted by Gasteiger charge is 2.31. The number of hydrogen-bond acceptors (Lipinski definition) is 4. The number of aromatic nitrogens is 1. The van der Waals surface area contributed by atoms with Crippen molar-refractivity contribution in [1.82, 2.24) is 15.2 Å². The third-order valence-electron chi connectivity index (χ3n) is 4.27. The van der Waals surface area contributed by atoms with Gasteiger partial charge in [-0.1, -0.05) is 6.92 Å². The predicted octanol–water partition coefficient (Wildman–Crippen LogP) is 1.87. The Morgan fingerprint density at radius 1 is 1.25 bits per heavy atom. The molecule has 0 amide bonds. The van der Waals surface area contributed by atoms with Gasteiger partial charge >= 0.3 is 0 Å². The molecule has 0 unspecified atom stereocenters. The van der Waals surface area contributed by atoms with Gasteiger partial charge in [-0.15, -0.1) is 0 Å². The van der Waals surface area contributed by atoms with Gasteiger partial charge in [0, 0.05) is 45.0 Å². The van der Waals surface area contributed by atoms with Crippen molar-refractivity contribution in [3.63, 3.8) is 0 Å². The Kier molecular flexibility index (Phi) is 4.53. The van der Waals surface area contributed by atoms with E-state index in [1.54, 1.807) is 0 Å². The maximum absolute atomic E-state index is 4.56. The summed E-state index contributed by atoms with van der Waals surface area (Å²) in [4.78, 5) is 9.63. The summed E-state index contributed by atoms with van der Waals surface area (Å²) in [6.07, 6.45) is 5.96. The van der Waals surface area contributed by atoms with Crippen LogP contribution in [-0.2, 0) is 6.54 Å². The average Bonchev–Trinajstić information content (AvgIpc) is 3.33. The molecule has 1 saturated heterocycles. The van der Waals surface area contributed by atoms with Crippen LogP contribution in [0.3, 0.4) is 0 Å². The molecule has 2 heterocycles.